The summed E-state index contributed by atoms with van der Waals surface area (Å²) < 4.78 is 6.23. The van der Waals surface area contributed by atoms with Gasteiger partial charge in [0.25, 0.3) is 0 Å². The van der Waals surface area contributed by atoms with E-state index in [9.17, 15) is 4.79 Å². The molecular formula is C20H33NO2. The standard InChI is InChI=1S/C20H33NO2/c1-19(2,3)16-12-15(14-22)13-17(20(4,5)6)18(16)23-11-9-10-21(7)8/h12-14H,9-11H2,1-8H3. The molecule has 0 bridgehead atoms. The Morgan fingerprint density at radius 2 is 1.48 bits per heavy atom. The minimum Gasteiger partial charge on any atom is -0.493 e. The van der Waals surface area contributed by atoms with Crippen molar-refractivity contribution in [1.82, 2.24) is 4.90 Å². The Kier molecular flexibility index (Phi) is 6.41. The summed E-state index contributed by atoms with van der Waals surface area (Å²) in [6.45, 7) is 14.7. The molecule has 0 saturated carbocycles. The van der Waals surface area contributed by atoms with Crippen LogP contribution in [-0.2, 0) is 10.8 Å². The van der Waals surface area contributed by atoms with Crippen LogP contribution in [0.1, 0.15) is 69.4 Å². The van der Waals surface area contributed by atoms with Gasteiger partial charge >= 0.3 is 0 Å². The second kappa shape index (κ2) is 7.48. The van der Waals surface area contributed by atoms with Gasteiger partial charge in [-0.05, 0) is 43.5 Å². The third-order valence-electron chi connectivity index (χ3n) is 3.86. The summed E-state index contributed by atoms with van der Waals surface area (Å²) in [5.41, 5.74) is 2.79. The molecule has 0 aliphatic carbocycles. The molecule has 3 nitrogen and oxygen atoms in total. The van der Waals surface area contributed by atoms with E-state index in [4.69, 9.17) is 4.74 Å². The summed E-state index contributed by atoms with van der Waals surface area (Å²) in [5.74, 6) is 0.953. The van der Waals surface area contributed by atoms with Crippen LogP contribution in [0.2, 0.25) is 0 Å². The molecule has 0 aliphatic rings. The zero-order chi connectivity index (χ0) is 17.8. The number of hydrogen-bond acceptors (Lipinski definition) is 3. The first kappa shape index (κ1) is 19.7. The van der Waals surface area contributed by atoms with Gasteiger partial charge in [0.1, 0.15) is 12.0 Å². The maximum absolute atomic E-state index is 11.4. The number of nitrogens with zero attached hydrogens (tertiary/aromatic N) is 1. The summed E-state index contributed by atoms with van der Waals surface area (Å²) in [7, 11) is 4.14. The largest absolute Gasteiger partial charge is 0.493 e. The average Bonchev–Trinajstić information content (AvgIpc) is 2.40. The van der Waals surface area contributed by atoms with E-state index in [0.29, 0.717) is 6.61 Å². The lowest BCUT2D eigenvalue weighted by molar-refractivity contribution is 0.112. The minimum absolute atomic E-state index is 0.0735. The van der Waals surface area contributed by atoms with Crippen molar-refractivity contribution in [2.24, 2.45) is 0 Å². The van der Waals surface area contributed by atoms with Crippen LogP contribution in [0.25, 0.3) is 0 Å². The molecule has 0 aliphatic heterocycles. The SMILES string of the molecule is CN(C)CCCOc1c(C(C)(C)C)cc(C=O)cc1C(C)(C)C. The third kappa shape index (κ3) is 5.65. The summed E-state index contributed by atoms with van der Waals surface area (Å²) in [6, 6.07) is 3.95. The lowest BCUT2D eigenvalue weighted by Crippen LogP contribution is -2.22. The zero-order valence-electron chi connectivity index (χ0n) is 16.1. The molecule has 0 aromatic heterocycles. The van der Waals surface area contributed by atoms with Crippen molar-refractivity contribution in [2.75, 3.05) is 27.2 Å². The maximum Gasteiger partial charge on any atom is 0.150 e. The van der Waals surface area contributed by atoms with Gasteiger partial charge in [0, 0.05) is 23.2 Å². The topological polar surface area (TPSA) is 29.5 Å². The predicted octanol–water partition coefficient (Wildman–Crippen LogP) is 4.42. The highest BCUT2D eigenvalue weighted by Crippen LogP contribution is 2.40. The van der Waals surface area contributed by atoms with Crippen LogP contribution < -0.4 is 4.74 Å². The van der Waals surface area contributed by atoms with Gasteiger partial charge in [-0.2, -0.15) is 0 Å². The van der Waals surface area contributed by atoms with Crippen molar-refractivity contribution in [3.05, 3.63) is 28.8 Å². The van der Waals surface area contributed by atoms with E-state index in [1.54, 1.807) is 0 Å². The number of rotatable bonds is 6. The van der Waals surface area contributed by atoms with Crippen molar-refractivity contribution >= 4 is 6.29 Å². The Balaban J connectivity index is 3.29. The zero-order valence-corrected chi connectivity index (χ0v) is 16.1. The lowest BCUT2D eigenvalue weighted by Gasteiger charge is -2.30. The highest BCUT2D eigenvalue weighted by Gasteiger charge is 2.27. The molecule has 23 heavy (non-hydrogen) atoms. The van der Waals surface area contributed by atoms with Gasteiger partial charge in [-0.3, -0.25) is 4.79 Å². The van der Waals surface area contributed by atoms with Crippen LogP contribution in [-0.4, -0.2) is 38.4 Å². The predicted molar refractivity (Wildman–Crippen MR) is 97.9 cm³/mol. The fourth-order valence-electron chi connectivity index (χ4n) is 2.54. The van der Waals surface area contributed by atoms with Gasteiger partial charge in [-0.25, -0.2) is 0 Å². The molecule has 0 N–H and O–H groups in total. The van der Waals surface area contributed by atoms with Crippen molar-refractivity contribution in [3.8, 4) is 5.75 Å². The van der Waals surface area contributed by atoms with E-state index in [0.717, 1.165) is 41.7 Å². The minimum atomic E-state index is -0.0735. The van der Waals surface area contributed by atoms with Crippen LogP contribution in [0.4, 0.5) is 0 Å². The first-order chi connectivity index (χ1) is 10.5. The first-order valence-corrected chi connectivity index (χ1v) is 8.38. The average molecular weight is 319 g/mol. The van der Waals surface area contributed by atoms with Gasteiger partial charge in [-0.1, -0.05) is 41.5 Å². The summed E-state index contributed by atoms with van der Waals surface area (Å²) in [6.07, 6.45) is 1.91. The van der Waals surface area contributed by atoms with Crippen molar-refractivity contribution in [3.63, 3.8) is 0 Å². The van der Waals surface area contributed by atoms with Crippen molar-refractivity contribution in [2.45, 2.75) is 58.8 Å². The third-order valence-corrected chi connectivity index (χ3v) is 3.86. The molecule has 0 fully saturated rings. The van der Waals surface area contributed by atoms with Crippen LogP contribution >= 0.6 is 0 Å². The molecule has 0 radical (unpaired) electrons. The molecule has 130 valence electrons. The van der Waals surface area contributed by atoms with Crippen LogP contribution in [0.3, 0.4) is 0 Å². The Hall–Kier alpha value is -1.35. The molecule has 0 amide bonds. The Morgan fingerprint density at radius 1 is 1.00 bits per heavy atom. The van der Waals surface area contributed by atoms with E-state index in [-0.39, 0.29) is 10.8 Å². The van der Waals surface area contributed by atoms with Crippen LogP contribution in [0, 0.1) is 0 Å². The lowest BCUT2D eigenvalue weighted by atomic mass is 9.78. The molecule has 1 rings (SSSR count). The van der Waals surface area contributed by atoms with E-state index in [1.165, 1.54) is 0 Å². The number of hydrogen-bond donors (Lipinski definition) is 0. The molecule has 0 saturated heterocycles. The Bertz CT molecular complexity index is 499. The number of ether oxygens (including phenoxy) is 1. The molecule has 1 aromatic carbocycles. The smallest absolute Gasteiger partial charge is 0.150 e. The van der Waals surface area contributed by atoms with E-state index >= 15 is 0 Å². The molecule has 3 heteroatoms. The highest BCUT2D eigenvalue weighted by molar-refractivity contribution is 5.77. The van der Waals surface area contributed by atoms with Gasteiger partial charge in [0.15, 0.2) is 0 Å². The van der Waals surface area contributed by atoms with E-state index in [1.807, 2.05) is 12.1 Å². The normalized spacial score (nSPS) is 12.6. The first-order valence-electron chi connectivity index (χ1n) is 8.38. The Labute approximate surface area is 142 Å². The van der Waals surface area contributed by atoms with Gasteiger partial charge in [0.2, 0.25) is 0 Å². The molecule has 0 heterocycles. The summed E-state index contributed by atoms with van der Waals surface area (Å²) in [5, 5.41) is 0. The molecule has 0 atom stereocenters. The maximum atomic E-state index is 11.4. The van der Waals surface area contributed by atoms with Gasteiger partial charge in [-0.15, -0.1) is 0 Å². The fraction of sp³-hybridized carbons (Fsp3) is 0.650. The molecule has 1 aromatic rings. The fourth-order valence-corrected chi connectivity index (χ4v) is 2.54. The Morgan fingerprint density at radius 3 is 1.83 bits per heavy atom. The quantitative estimate of drug-likeness (QED) is 0.574. The second-order valence-corrected chi connectivity index (χ2v) is 8.57. The highest BCUT2D eigenvalue weighted by atomic mass is 16.5. The second-order valence-electron chi connectivity index (χ2n) is 8.57. The van der Waals surface area contributed by atoms with Crippen LogP contribution in [0.15, 0.2) is 12.1 Å². The van der Waals surface area contributed by atoms with E-state index in [2.05, 4.69) is 60.5 Å². The molecule has 0 unspecified atom stereocenters. The van der Waals surface area contributed by atoms with Crippen LogP contribution in [0.5, 0.6) is 5.75 Å². The van der Waals surface area contributed by atoms with Gasteiger partial charge in [0.05, 0.1) is 6.61 Å². The summed E-state index contributed by atoms with van der Waals surface area (Å²) in [4.78, 5) is 13.5. The van der Waals surface area contributed by atoms with Gasteiger partial charge < -0.3 is 9.64 Å². The van der Waals surface area contributed by atoms with Crippen molar-refractivity contribution < 1.29 is 9.53 Å². The molecule has 0 spiro atoms. The number of carbonyl (C=O) groups excluding carboxylic acids is 1. The number of aldehydes is 1. The summed E-state index contributed by atoms with van der Waals surface area (Å²) >= 11 is 0. The number of benzene rings is 1. The molecular weight excluding hydrogens is 286 g/mol. The monoisotopic (exact) mass is 319 g/mol. The number of carbonyl (C=O) groups is 1. The van der Waals surface area contributed by atoms with E-state index < -0.39 is 0 Å². The van der Waals surface area contributed by atoms with Crippen molar-refractivity contribution in [1.29, 1.82) is 0 Å².